The predicted molar refractivity (Wildman–Crippen MR) is 120 cm³/mol. The molecule has 0 aliphatic carbocycles. The third-order valence-electron chi connectivity index (χ3n) is 5.52. The third-order valence-corrected chi connectivity index (χ3v) is 5.52. The second-order valence-corrected chi connectivity index (χ2v) is 7.90. The molecule has 1 aliphatic heterocycles. The molecule has 1 aliphatic rings. The molecule has 0 fully saturated rings. The van der Waals surface area contributed by atoms with Crippen LogP contribution in [0.4, 0.5) is 13.2 Å². The second kappa shape index (κ2) is 10.1. The number of ether oxygens (including phenoxy) is 2. The van der Waals surface area contributed by atoms with E-state index in [0.29, 0.717) is 29.2 Å². The van der Waals surface area contributed by atoms with E-state index in [1.807, 2.05) is 6.07 Å². The van der Waals surface area contributed by atoms with Gasteiger partial charge >= 0.3 is 6.18 Å². The van der Waals surface area contributed by atoms with Crippen molar-refractivity contribution in [3.8, 4) is 11.5 Å². The van der Waals surface area contributed by atoms with Crippen LogP contribution in [-0.2, 0) is 17.6 Å². The van der Waals surface area contributed by atoms with Crippen molar-refractivity contribution in [2.75, 3.05) is 20.8 Å². The van der Waals surface area contributed by atoms with Crippen molar-refractivity contribution in [1.29, 1.82) is 0 Å². The van der Waals surface area contributed by atoms with Crippen LogP contribution in [-0.4, -0.2) is 43.4 Å². The Balaban J connectivity index is 1.51. The standard InChI is InChI=1S/C25H23F3N2O5/c1-32-21-9-8-17(12-23(21)33-2)20-13-19(35-29-20)15-30(24(31)22-7-4-10-34-22)14-16-5-3-6-18(11-16)25(26,27)28/h3-12,19H,13-15H2,1-2H3/t19-/m1/s1. The zero-order valence-electron chi connectivity index (χ0n) is 19.0. The molecule has 2 aromatic carbocycles. The van der Waals surface area contributed by atoms with Gasteiger partial charge < -0.3 is 23.6 Å². The van der Waals surface area contributed by atoms with E-state index in [0.717, 1.165) is 17.7 Å². The highest BCUT2D eigenvalue weighted by molar-refractivity contribution is 6.01. The van der Waals surface area contributed by atoms with Crippen molar-refractivity contribution in [2.45, 2.75) is 25.2 Å². The van der Waals surface area contributed by atoms with Crippen LogP contribution in [0.1, 0.15) is 33.7 Å². The number of furan rings is 1. The van der Waals surface area contributed by atoms with E-state index in [4.69, 9.17) is 18.7 Å². The van der Waals surface area contributed by atoms with E-state index in [9.17, 15) is 18.0 Å². The van der Waals surface area contributed by atoms with Crippen molar-refractivity contribution < 1.29 is 36.7 Å². The topological polar surface area (TPSA) is 73.5 Å². The van der Waals surface area contributed by atoms with Gasteiger partial charge in [0, 0.05) is 18.5 Å². The van der Waals surface area contributed by atoms with Crippen LogP contribution >= 0.6 is 0 Å². The van der Waals surface area contributed by atoms with Crippen molar-refractivity contribution in [1.82, 2.24) is 4.90 Å². The van der Waals surface area contributed by atoms with Gasteiger partial charge in [-0.2, -0.15) is 13.2 Å². The normalized spacial score (nSPS) is 15.3. The summed E-state index contributed by atoms with van der Waals surface area (Å²) in [6, 6.07) is 13.3. The molecule has 35 heavy (non-hydrogen) atoms. The summed E-state index contributed by atoms with van der Waals surface area (Å²) in [7, 11) is 3.07. The molecule has 0 unspecified atom stereocenters. The van der Waals surface area contributed by atoms with Crippen LogP contribution < -0.4 is 9.47 Å². The molecule has 0 saturated heterocycles. The summed E-state index contributed by atoms with van der Waals surface area (Å²) < 4.78 is 55.3. The number of carbonyl (C=O) groups is 1. The van der Waals surface area contributed by atoms with Gasteiger partial charge in [-0.15, -0.1) is 0 Å². The van der Waals surface area contributed by atoms with Crippen LogP contribution in [0.25, 0.3) is 0 Å². The lowest BCUT2D eigenvalue weighted by Gasteiger charge is -2.24. The molecule has 4 rings (SSSR count). The highest BCUT2D eigenvalue weighted by Gasteiger charge is 2.32. The molecule has 1 atom stereocenters. The van der Waals surface area contributed by atoms with Gasteiger partial charge in [-0.1, -0.05) is 17.3 Å². The lowest BCUT2D eigenvalue weighted by atomic mass is 10.0. The minimum absolute atomic E-state index is 0.0605. The largest absolute Gasteiger partial charge is 0.493 e. The van der Waals surface area contributed by atoms with E-state index in [2.05, 4.69) is 5.16 Å². The molecule has 7 nitrogen and oxygen atoms in total. The number of rotatable bonds is 8. The highest BCUT2D eigenvalue weighted by Crippen LogP contribution is 2.31. The number of amides is 1. The Morgan fingerprint density at radius 3 is 2.57 bits per heavy atom. The number of methoxy groups -OCH3 is 2. The number of carbonyl (C=O) groups excluding carboxylic acids is 1. The molecule has 184 valence electrons. The van der Waals surface area contributed by atoms with Gasteiger partial charge in [0.15, 0.2) is 23.4 Å². The van der Waals surface area contributed by atoms with Crippen LogP contribution in [0.3, 0.4) is 0 Å². The Morgan fingerprint density at radius 1 is 1.09 bits per heavy atom. The fourth-order valence-corrected chi connectivity index (χ4v) is 3.80. The molecule has 0 saturated carbocycles. The van der Waals surface area contributed by atoms with Crippen molar-refractivity contribution in [3.05, 3.63) is 83.3 Å². The summed E-state index contributed by atoms with van der Waals surface area (Å²) in [6.45, 7) is 0.0328. The number of benzene rings is 2. The first-order valence-electron chi connectivity index (χ1n) is 10.7. The van der Waals surface area contributed by atoms with Crippen LogP contribution in [0.2, 0.25) is 0 Å². The Bertz CT molecular complexity index is 1210. The van der Waals surface area contributed by atoms with Crippen LogP contribution in [0, 0.1) is 0 Å². The van der Waals surface area contributed by atoms with E-state index in [-0.39, 0.29) is 18.8 Å². The van der Waals surface area contributed by atoms with Crippen molar-refractivity contribution in [2.24, 2.45) is 5.16 Å². The molecule has 10 heteroatoms. The molecule has 0 radical (unpaired) electrons. The first-order chi connectivity index (χ1) is 16.8. The summed E-state index contributed by atoms with van der Waals surface area (Å²) in [5.74, 6) is 0.727. The summed E-state index contributed by atoms with van der Waals surface area (Å²) >= 11 is 0. The van der Waals surface area contributed by atoms with E-state index >= 15 is 0 Å². The zero-order valence-corrected chi connectivity index (χ0v) is 19.0. The van der Waals surface area contributed by atoms with Gasteiger partial charge in [-0.05, 0) is 48.0 Å². The van der Waals surface area contributed by atoms with Gasteiger partial charge in [0.25, 0.3) is 5.91 Å². The molecule has 1 aromatic heterocycles. The summed E-state index contributed by atoms with van der Waals surface area (Å²) in [4.78, 5) is 20.0. The Hall–Kier alpha value is -3.95. The smallest absolute Gasteiger partial charge is 0.416 e. The lowest BCUT2D eigenvalue weighted by Crippen LogP contribution is -2.37. The van der Waals surface area contributed by atoms with E-state index in [1.54, 1.807) is 31.4 Å². The molecule has 2 heterocycles. The lowest BCUT2D eigenvalue weighted by molar-refractivity contribution is -0.137. The maximum atomic E-state index is 13.2. The average molecular weight is 488 g/mol. The third kappa shape index (κ3) is 5.59. The minimum atomic E-state index is -4.48. The predicted octanol–water partition coefficient (Wildman–Crippen LogP) is 5.15. The monoisotopic (exact) mass is 488 g/mol. The number of hydrogen-bond acceptors (Lipinski definition) is 6. The number of halogens is 3. The van der Waals surface area contributed by atoms with Crippen LogP contribution in [0.15, 0.2) is 70.4 Å². The van der Waals surface area contributed by atoms with Gasteiger partial charge in [0.2, 0.25) is 0 Å². The first kappa shape index (κ1) is 24.2. The fraction of sp³-hybridized carbons (Fsp3) is 0.280. The fourth-order valence-electron chi connectivity index (χ4n) is 3.80. The Kier molecular flexibility index (Phi) is 6.99. The number of hydrogen-bond donors (Lipinski definition) is 0. The van der Waals surface area contributed by atoms with Gasteiger partial charge in [-0.25, -0.2) is 0 Å². The van der Waals surface area contributed by atoms with Gasteiger partial charge in [-0.3, -0.25) is 4.79 Å². The first-order valence-corrected chi connectivity index (χ1v) is 10.7. The number of nitrogens with zero attached hydrogens (tertiary/aromatic N) is 2. The number of alkyl halides is 3. The Labute approximate surface area is 199 Å². The van der Waals surface area contributed by atoms with E-state index in [1.165, 1.54) is 30.4 Å². The molecule has 0 N–H and O–H groups in total. The maximum Gasteiger partial charge on any atom is 0.416 e. The quantitative estimate of drug-likeness (QED) is 0.439. The minimum Gasteiger partial charge on any atom is -0.493 e. The molecule has 3 aromatic rings. The molecular weight excluding hydrogens is 465 g/mol. The maximum absolute atomic E-state index is 13.2. The average Bonchev–Trinajstić information content (AvgIpc) is 3.55. The zero-order chi connectivity index (χ0) is 25.0. The van der Waals surface area contributed by atoms with Gasteiger partial charge in [0.05, 0.1) is 38.3 Å². The molecule has 1 amide bonds. The van der Waals surface area contributed by atoms with Crippen LogP contribution in [0.5, 0.6) is 11.5 Å². The molecule has 0 spiro atoms. The summed E-state index contributed by atoms with van der Waals surface area (Å²) in [6.07, 6.45) is -3.23. The molecule has 0 bridgehead atoms. The van der Waals surface area contributed by atoms with Crippen molar-refractivity contribution in [3.63, 3.8) is 0 Å². The second-order valence-electron chi connectivity index (χ2n) is 7.90. The molecular formula is C25H23F3N2O5. The Morgan fingerprint density at radius 2 is 1.89 bits per heavy atom. The van der Waals surface area contributed by atoms with Crippen molar-refractivity contribution >= 4 is 11.6 Å². The SMILES string of the molecule is COc1ccc(C2=NO[C@@H](CN(Cc3cccc(C(F)(F)F)c3)C(=O)c3ccco3)C2)cc1OC. The number of oxime groups is 1. The van der Waals surface area contributed by atoms with Gasteiger partial charge in [0.1, 0.15) is 0 Å². The summed E-state index contributed by atoms with van der Waals surface area (Å²) in [5.41, 5.74) is 0.975. The highest BCUT2D eigenvalue weighted by atomic mass is 19.4. The van der Waals surface area contributed by atoms with E-state index < -0.39 is 23.8 Å². The summed E-state index contributed by atoms with van der Waals surface area (Å²) in [5, 5.41) is 4.16.